The third-order valence-corrected chi connectivity index (χ3v) is 9.11. The van der Waals surface area contributed by atoms with Crippen LogP contribution >= 0.6 is 0 Å². The SMILES string of the molecule is O=C(O)CCCCC(=O)Nc1cccc([C@H]2O[C@@H](CN3CCC(n4c(=O)[nH]c5ccccc54)CC3)C[C@@H](c3ccc(CO)cc3)O2)c1. The Labute approximate surface area is 273 Å². The van der Waals surface area contributed by atoms with E-state index < -0.39 is 12.3 Å². The number of imidazole rings is 1. The number of aromatic nitrogens is 2. The van der Waals surface area contributed by atoms with Crippen LogP contribution in [0.25, 0.3) is 11.0 Å². The Kier molecular flexibility index (Phi) is 10.5. The number of carboxylic acid groups (broad SMARTS) is 1. The van der Waals surface area contributed by atoms with E-state index in [4.69, 9.17) is 14.6 Å². The Morgan fingerprint density at radius 2 is 1.68 bits per heavy atom. The summed E-state index contributed by atoms with van der Waals surface area (Å²) >= 11 is 0. The van der Waals surface area contributed by atoms with Gasteiger partial charge in [-0.15, -0.1) is 0 Å². The lowest BCUT2D eigenvalue weighted by molar-refractivity contribution is -0.253. The zero-order chi connectivity index (χ0) is 32.8. The molecular weight excluding hydrogens is 600 g/mol. The maximum Gasteiger partial charge on any atom is 0.326 e. The fourth-order valence-corrected chi connectivity index (χ4v) is 6.67. The molecule has 0 radical (unpaired) electrons. The molecule has 2 aliphatic rings. The van der Waals surface area contributed by atoms with Crippen molar-refractivity contribution >= 4 is 28.6 Å². The Hall–Kier alpha value is -4.29. The third-order valence-electron chi connectivity index (χ3n) is 9.11. The van der Waals surface area contributed by atoms with E-state index in [1.54, 1.807) is 0 Å². The summed E-state index contributed by atoms with van der Waals surface area (Å²) < 4.78 is 15.0. The van der Waals surface area contributed by atoms with E-state index in [1.165, 1.54) is 0 Å². The number of nitrogens with zero attached hydrogens (tertiary/aromatic N) is 2. The molecule has 0 unspecified atom stereocenters. The van der Waals surface area contributed by atoms with Crippen molar-refractivity contribution in [2.45, 2.75) is 76.1 Å². The average molecular weight is 643 g/mol. The van der Waals surface area contributed by atoms with Gasteiger partial charge in [-0.25, -0.2) is 4.79 Å². The van der Waals surface area contributed by atoms with Gasteiger partial charge in [-0.3, -0.25) is 14.2 Å². The summed E-state index contributed by atoms with van der Waals surface area (Å²) in [5, 5.41) is 21.3. The second-order valence-corrected chi connectivity index (χ2v) is 12.5. The minimum Gasteiger partial charge on any atom is -0.481 e. The van der Waals surface area contributed by atoms with Gasteiger partial charge in [-0.05, 0) is 61.1 Å². The van der Waals surface area contributed by atoms with Crippen LogP contribution in [-0.4, -0.2) is 62.3 Å². The first-order valence-corrected chi connectivity index (χ1v) is 16.4. The van der Waals surface area contributed by atoms with Crippen molar-refractivity contribution in [3.63, 3.8) is 0 Å². The summed E-state index contributed by atoms with van der Waals surface area (Å²) in [5.74, 6) is -1.03. The van der Waals surface area contributed by atoms with Gasteiger partial charge < -0.3 is 34.9 Å². The van der Waals surface area contributed by atoms with Crippen LogP contribution in [0, 0.1) is 0 Å². The number of fused-ring (bicyclic) bond motifs is 1. The van der Waals surface area contributed by atoms with E-state index in [-0.39, 0.29) is 49.3 Å². The Bertz CT molecular complexity index is 1730. The number of aliphatic carboxylic acids is 1. The lowest BCUT2D eigenvalue weighted by atomic mass is 9.98. The van der Waals surface area contributed by atoms with Crippen LogP contribution in [0.15, 0.2) is 77.6 Å². The minimum atomic E-state index is -0.863. The molecule has 3 heterocycles. The van der Waals surface area contributed by atoms with Crippen molar-refractivity contribution in [1.29, 1.82) is 0 Å². The standard InChI is InChI=1S/C36H42N4O7/c41-23-24-12-14-25(15-13-24)32-21-29(22-39-18-16-28(17-19-39)40-31-9-2-1-8-30(31)38-36(40)45)46-35(47-32)26-6-5-7-27(20-26)37-33(42)10-3-4-11-34(43)44/h1-2,5-9,12-15,20,28-29,32,35,41H,3-4,10-11,16-19,21-23H2,(H,37,42)(H,38,45)(H,43,44)/t29-,32+,35+/m1/s1. The summed E-state index contributed by atoms with van der Waals surface area (Å²) in [4.78, 5) is 41.4. The number of amides is 1. The van der Waals surface area contributed by atoms with Gasteiger partial charge in [-0.2, -0.15) is 0 Å². The van der Waals surface area contributed by atoms with Gasteiger partial charge in [0.15, 0.2) is 6.29 Å². The predicted molar refractivity (Wildman–Crippen MR) is 177 cm³/mol. The van der Waals surface area contributed by atoms with Crippen molar-refractivity contribution in [3.05, 3.63) is 100.0 Å². The summed E-state index contributed by atoms with van der Waals surface area (Å²) in [7, 11) is 0. The number of piperidine rings is 1. The molecule has 4 N–H and O–H groups in total. The van der Waals surface area contributed by atoms with Crippen molar-refractivity contribution in [2.75, 3.05) is 25.0 Å². The number of aliphatic hydroxyl groups excluding tert-OH is 1. The average Bonchev–Trinajstić information content (AvgIpc) is 3.42. The number of rotatable bonds is 12. The van der Waals surface area contributed by atoms with Crippen LogP contribution in [0.3, 0.4) is 0 Å². The van der Waals surface area contributed by atoms with Crippen LogP contribution in [0.1, 0.15) is 80.1 Å². The molecule has 0 bridgehead atoms. The minimum absolute atomic E-state index is 0.0289. The normalized spacial score (nSPS) is 20.7. The van der Waals surface area contributed by atoms with Gasteiger partial charge in [0, 0.05) is 56.2 Å². The van der Waals surface area contributed by atoms with E-state index in [0.29, 0.717) is 31.5 Å². The smallest absolute Gasteiger partial charge is 0.326 e. The molecular formula is C36H42N4O7. The van der Waals surface area contributed by atoms with E-state index >= 15 is 0 Å². The van der Waals surface area contributed by atoms with Gasteiger partial charge >= 0.3 is 11.7 Å². The zero-order valence-corrected chi connectivity index (χ0v) is 26.3. The topological polar surface area (TPSA) is 146 Å². The van der Waals surface area contributed by atoms with Crippen LogP contribution in [0.2, 0.25) is 0 Å². The number of carbonyl (C=O) groups excluding carboxylic acids is 1. The fraction of sp³-hybridized carbons (Fsp3) is 0.417. The molecule has 2 saturated heterocycles. The molecule has 11 heteroatoms. The highest BCUT2D eigenvalue weighted by Crippen LogP contribution is 2.39. The Morgan fingerprint density at radius 3 is 2.45 bits per heavy atom. The molecule has 0 spiro atoms. The van der Waals surface area contributed by atoms with Crippen LogP contribution in [-0.2, 0) is 25.7 Å². The summed E-state index contributed by atoms with van der Waals surface area (Å²) in [6.45, 7) is 2.36. The Balaban J connectivity index is 1.13. The largest absolute Gasteiger partial charge is 0.481 e. The van der Waals surface area contributed by atoms with E-state index in [0.717, 1.165) is 53.7 Å². The second-order valence-electron chi connectivity index (χ2n) is 12.5. The van der Waals surface area contributed by atoms with E-state index in [2.05, 4.69) is 15.2 Å². The summed E-state index contributed by atoms with van der Waals surface area (Å²) in [6, 6.07) is 23.2. The van der Waals surface area contributed by atoms with Crippen molar-refractivity contribution < 1.29 is 29.3 Å². The summed E-state index contributed by atoms with van der Waals surface area (Å²) in [6.07, 6.45) is 2.60. The van der Waals surface area contributed by atoms with Crippen LogP contribution < -0.4 is 11.0 Å². The molecule has 47 heavy (non-hydrogen) atoms. The van der Waals surface area contributed by atoms with Gasteiger partial charge in [0.1, 0.15) is 0 Å². The first kappa shape index (κ1) is 32.6. The van der Waals surface area contributed by atoms with Crippen LogP contribution in [0.5, 0.6) is 0 Å². The molecule has 3 atom stereocenters. The zero-order valence-electron chi connectivity index (χ0n) is 26.3. The van der Waals surface area contributed by atoms with Gasteiger partial charge in [0.2, 0.25) is 5.91 Å². The lowest BCUT2D eigenvalue weighted by Gasteiger charge is -2.40. The predicted octanol–water partition coefficient (Wildman–Crippen LogP) is 5.29. The molecule has 2 fully saturated rings. The van der Waals surface area contributed by atoms with Gasteiger partial charge in [0.25, 0.3) is 0 Å². The number of ether oxygens (including phenoxy) is 2. The number of aromatic amines is 1. The molecule has 3 aromatic carbocycles. The maximum absolute atomic E-state index is 12.8. The highest BCUT2D eigenvalue weighted by Gasteiger charge is 2.34. The third kappa shape index (κ3) is 8.17. The molecule has 4 aromatic rings. The summed E-state index contributed by atoms with van der Waals surface area (Å²) in [5.41, 5.74) is 4.98. The second kappa shape index (κ2) is 15.1. The van der Waals surface area contributed by atoms with Crippen molar-refractivity contribution in [3.8, 4) is 0 Å². The highest BCUT2D eigenvalue weighted by atomic mass is 16.7. The molecule has 248 valence electrons. The Morgan fingerprint density at radius 1 is 0.915 bits per heavy atom. The van der Waals surface area contributed by atoms with Crippen molar-refractivity contribution in [1.82, 2.24) is 14.5 Å². The lowest BCUT2D eigenvalue weighted by Crippen LogP contribution is -2.43. The number of para-hydroxylation sites is 2. The molecule has 0 saturated carbocycles. The number of unbranched alkanes of at least 4 members (excludes halogenated alkanes) is 1. The number of hydrogen-bond acceptors (Lipinski definition) is 7. The number of aliphatic hydroxyl groups is 1. The highest BCUT2D eigenvalue weighted by molar-refractivity contribution is 5.90. The van der Waals surface area contributed by atoms with Crippen molar-refractivity contribution in [2.24, 2.45) is 0 Å². The number of nitrogens with one attached hydrogen (secondary N) is 2. The van der Waals surface area contributed by atoms with E-state index in [1.807, 2.05) is 77.4 Å². The van der Waals surface area contributed by atoms with E-state index in [9.17, 15) is 19.5 Å². The number of likely N-dealkylation sites (tertiary alicyclic amines) is 1. The molecule has 0 aliphatic carbocycles. The molecule has 1 amide bonds. The van der Waals surface area contributed by atoms with Gasteiger partial charge in [-0.1, -0.05) is 48.5 Å². The molecule has 11 nitrogen and oxygen atoms in total. The number of carbonyl (C=O) groups is 2. The number of benzene rings is 3. The fourth-order valence-electron chi connectivity index (χ4n) is 6.67. The number of anilines is 1. The molecule has 6 rings (SSSR count). The van der Waals surface area contributed by atoms with Gasteiger partial charge in [0.05, 0.1) is 29.8 Å². The van der Waals surface area contributed by atoms with Crippen LogP contribution in [0.4, 0.5) is 5.69 Å². The monoisotopic (exact) mass is 642 g/mol. The number of carboxylic acids is 1. The quantitative estimate of drug-likeness (QED) is 0.153. The number of H-pyrrole nitrogens is 1. The maximum atomic E-state index is 12.8. The first-order chi connectivity index (χ1) is 22.9. The molecule has 1 aromatic heterocycles. The molecule has 2 aliphatic heterocycles. The number of hydrogen-bond donors (Lipinski definition) is 4. The first-order valence-electron chi connectivity index (χ1n) is 16.4.